The first-order valence-electron chi connectivity index (χ1n) is 10.3. The number of amides is 1. The van der Waals surface area contributed by atoms with Gasteiger partial charge in [-0.1, -0.05) is 72.6 Å². The Hall–Kier alpha value is -1.60. The molecule has 0 unspecified atom stereocenters. The van der Waals surface area contributed by atoms with Gasteiger partial charge < -0.3 is 5.11 Å². The van der Waals surface area contributed by atoms with Crippen molar-refractivity contribution in [2.75, 3.05) is 17.4 Å². The predicted octanol–water partition coefficient (Wildman–Crippen LogP) is 5.56. The van der Waals surface area contributed by atoms with Gasteiger partial charge in [0.05, 0.1) is 5.69 Å². The molecule has 0 aliphatic rings. The summed E-state index contributed by atoms with van der Waals surface area (Å²) in [5, 5.41) is 9.99. The molecule has 0 bridgehead atoms. The minimum absolute atomic E-state index is 0.00881. The van der Waals surface area contributed by atoms with Crippen molar-refractivity contribution >= 4 is 22.0 Å². The molecule has 0 aliphatic heterocycles. The number of unbranched alkanes of at least 4 members (excludes halogenated alkanes) is 2. The van der Waals surface area contributed by atoms with E-state index in [1.165, 1.54) is 4.31 Å². The van der Waals surface area contributed by atoms with Crippen molar-refractivity contribution in [2.45, 2.75) is 79.1 Å². The summed E-state index contributed by atoms with van der Waals surface area (Å²) in [6, 6.07) is 5.51. The number of carbonyl (C=O) groups is 1. The van der Waals surface area contributed by atoms with Gasteiger partial charge in [0.25, 0.3) is 0 Å². The average molecular weight is 413 g/mol. The third kappa shape index (κ3) is 5.70. The topological polar surface area (TPSA) is 77.9 Å². The summed E-state index contributed by atoms with van der Waals surface area (Å²) in [7, 11) is -4.20. The number of hydrogen-bond donors (Lipinski definition) is 1. The second-order valence-electron chi connectivity index (χ2n) is 7.76. The summed E-state index contributed by atoms with van der Waals surface area (Å²) in [6.45, 7) is 12.4. The second-order valence-corrected chi connectivity index (χ2v) is 9.53. The fourth-order valence-electron chi connectivity index (χ4n) is 3.18. The van der Waals surface area contributed by atoms with E-state index in [-0.39, 0.29) is 17.5 Å². The van der Waals surface area contributed by atoms with Crippen LogP contribution in [-0.2, 0) is 10.2 Å². The van der Waals surface area contributed by atoms with E-state index >= 15 is 0 Å². The largest absolute Gasteiger partial charge is 0.464 e. The minimum Gasteiger partial charge on any atom is -0.464 e. The highest BCUT2D eigenvalue weighted by Gasteiger charge is 2.37. The van der Waals surface area contributed by atoms with Crippen LogP contribution in [0.2, 0.25) is 0 Å². The van der Waals surface area contributed by atoms with Crippen LogP contribution in [0.25, 0.3) is 0 Å². The SMILES string of the molecule is CCCCN(CCCC)S(=O)(=O)N(C(=O)O)c1c(C(C)C)cccc1C(C)C. The number of carboxylic acid groups (broad SMARTS) is 1. The highest BCUT2D eigenvalue weighted by Crippen LogP contribution is 2.37. The lowest BCUT2D eigenvalue weighted by molar-refractivity contribution is 0.205. The van der Waals surface area contributed by atoms with E-state index in [9.17, 15) is 18.3 Å². The summed E-state index contributed by atoms with van der Waals surface area (Å²) in [4.78, 5) is 12.3. The molecule has 1 rings (SSSR count). The Kier molecular flexibility index (Phi) is 9.44. The van der Waals surface area contributed by atoms with Gasteiger partial charge in [-0.15, -0.1) is 0 Å². The van der Waals surface area contributed by atoms with Crippen LogP contribution in [0.3, 0.4) is 0 Å². The summed E-state index contributed by atoms with van der Waals surface area (Å²) in [5.74, 6) is -0.0176. The molecular formula is C21H36N2O4S. The summed E-state index contributed by atoms with van der Waals surface area (Å²) in [5.41, 5.74) is 1.74. The van der Waals surface area contributed by atoms with Crippen molar-refractivity contribution < 1.29 is 18.3 Å². The molecule has 0 radical (unpaired) electrons. The molecule has 0 saturated carbocycles. The lowest BCUT2D eigenvalue weighted by Gasteiger charge is -2.32. The fourth-order valence-corrected chi connectivity index (χ4v) is 4.77. The zero-order chi connectivity index (χ0) is 21.5. The van der Waals surface area contributed by atoms with Crippen molar-refractivity contribution in [3.8, 4) is 0 Å². The smallest absolute Gasteiger partial charge is 0.426 e. The first-order valence-corrected chi connectivity index (χ1v) is 11.6. The second kappa shape index (κ2) is 10.8. The number of rotatable bonds is 11. The molecule has 1 aromatic carbocycles. The van der Waals surface area contributed by atoms with Gasteiger partial charge in [0.1, 0.15) is 0 Å². The Balaban J connectivity index is 3.65. The van der Waals surface area contributed by atoms with Crippen LogP contribution in [0.15, 0.2) is 18.2 Å². The fraction of sp³-hybridized carbons (Fsp3) is 0.667. The van der Waals surface area contributed by atoms with E-state index in [1.807, 2.05) is 59.7 Å². The normalized spacial score (nSPS) is 12.2. The number of hydrogen-bond acceptors (Lipinski definition) is 3. The quantitative estimate of drug-likeness (QED) is 0.516. The minimum atomic E-state index is -4.20. The Bertz CT molecular complexity index is 711. The molecule has 6 nitrogen and oxygen atoms in total. The highest BCUT2D eigenvalue weighted by molar-refractivity contribution is 7.91. The van der Waals surface area contributed by atoms with Gasteiger partial charge in [-0.2, -0.15) is 17.0 Å². The predicted molar refractivity (Wildman–Crippen MR) is 115 cm³/mol. The van der Waals surface area contributed by atoms with Gasteiger partial charge in [0, 0.05) is 13.1 Å². The molecule has 0 atom stereocenters. The average Bonchev–Trinajstić information content (AvgIpc) is 2.60. The Morgan fingerprint density at radius 3 is 1.71 bits per heavy atom. The molecule has 160 valence electrons. The number of para-hydroxylation sites is 1. The van der Waals surface area contributed by atoms with Gasteiger partial charge in [0.2, 0.25) is 0 Å². The van der Waals surface area contributed by atoms with Gasteiger partial charge >= 0.3 is 16.3 Å². The van der Waals surface area contributed by atoms with Crippen molar-refractivity contribution in [3.05, 3.63) is 29.3 Å². The van der Waals surface area contributed by atoms with E-state index in [4.69, 9.17) is 0 Å². The number of benzene rings is 1. The zero-order valence-corrected chi connectivity index (χ0v) is 18.9. The van der Waals surface area contributed by atoms with E-state index in [2.05, 4.69) is 0 Å². The molecule has 1 aromatic rings. The van der Waals surface area contributed by atoms with Crippen molar-refractivity contribution in [3.63, 3.8) is 0 Å². The summed E-state index contributed by atoms with van der Waals surface area (Å²) >= 11 is 0. The maximum Gasteiger partial charge on any atom is 0.426 e. The lowest BCUT2D eigenvalue weighted by atomic mass is 9.93. The maximum absolute atomic E-state index is 13.5. The van der Waals surface area contributed by atoms with Gasteiger partial charge in [-0.05, 0) is 35.8 Å². The van der Waals surface area contributed by atoms with Gasteiger partial charge in [-0.25, -0.2) is 4.79 Å². The van der Waals surface area contributed by atoms with Crippen LogP contribution < -0.4 is 4.31 Å². The third-order valence-electron chi connectivity index (χ3n) is 4.80. The molecule has 0 spiro atoms. The van der Waals surface area contributed by atoms with E-state index < -0.39 is 16.3 Å². The monoisotopic (exact) mass is 412 g/mol. The van der Waals surface area contributed by atoms with Crippen molar-refractivity contribution in [1.29, 1.82) is 0 Å². The Morgan fingerprint density at radius 2 is 1.39 bits per heavy atom. The van der Waals surface area contributed by atoms with Crippen LogP contribution in [0, 0.1) is 0 Å². The third-order valence-corrected chi connectivity index (χ3v) is 6.62. The van der Waals surface area contributed by atoms with Crippen LogP contribution in [-0.4, -0.2) is 37.0 Å². The molecule has 0 heterocycles. The van der Waals surface area contributed by atoms with Crippen molar-refractivity contribution in [2.24, 2.45) is 0 Å². The first-order chi connectivity index (χ1) is 13.1. The molecule has 7 heteroatoms. The maximum atomic E-state index is 13.5. The van der Waals surface area contributed by atoms with Crippen LogP contribution in [0.5, 0.6) is 0 Å². The van der Waals surface area contributed by atoms with Crippen molar-refractivity contribution in [1.82, 2.24) is 4.31 Å². The molecular weight excluding hydrogens is 376 g/mol. The molecule has 0 fully saturated rings. The highest BCUT2D eigenvalue weighted by atomic mass is 32.2. The number of nitrogens with zero attached hydrogens (tertiary/aromatic N) is 2. The van der Waals surface area contributed by atoms with Crippen LogP contribution in [0.1, 0.15) is 90.2 Å². The van der Waals surface area contributed by atoms with Crippen LogP contribution in [0.4, 0.5) is 10.5 Å². The van der Waals surface area contributed by atoms with Crippen LogP contribution >= 0.6 is 0 Å². The summed E-state index contributed by atoms with van der Waals surface area (Å²) in [6.07, 6.45) is 1.60. The molecule has 0 saturated heterocycles. The zero-order valence-electron chi connectivity index (χ0n) is 18.1. The van der Waals surface area contributed by atoms with E-state index in [0.29, 0.717) is 30.2 Å². The molecule has 28 heavy (non-hydrogen) atoms. The Morgan fingerprint density at radius 1 is 0.964 bits per heavy atom. The van der Waals surface area contributed by atoms with Gasteiger partial charge in [0.15, 0.2) is 0 Å². The molecule has 1 amide bonds. The molecule has 0 aromatic heterocycles. The first kappa shape index (κ1) is 24.4. The molecule has 1 N–H and O–H groups in total. The summed E-state index contributed by atoms with van der Waals surface area (Å²) < 4.78 is 29.0. The molecule has 0 aliphatic carbocycles. The Labute approximate surface area is 170 Å². The number of anilines is 1. The van der Waals surface area contributed by atoms with Gasteiger partial charge in [-0.3, -0.25) is 0 Å². The van der Waals surface area contributed by atoms with E-state index in [1.54, 1.807) is 0 Å². The lowest BCUT2D eigenvalue weighted by Crippen LogP contribution is -2.48. The van der Waals surface area contributed by atoms with E-state index in [0.717, 1.165) is 24.0 Å². The standard InChI is InChI=1S/C21H36N2O4S/c1-7-9-14-22(15-10-8-2)28(26,27)23(21(24)25)20-18(16(3)4)12-11-13-19(20)17(5)6/h11-13,16-17H,7-10,14-15H2,1-6H3,(H,24,25).